The van der Waals surface area contributed by atoms with E-state index in [0.29, 0.717) is 51.4 Å². The average Bonchev–Trinajstić information content (AvgIpc) is 0.914. The summed E-state index contributed by atoms with van der Waals surface area (Å²) in [5, 5.41) is 10.5. The lowest BCUT2D eigenvalue weighted by molar-refractivity contribution is -0.151. The van der Waals surface area contributed by atoms with Crippen LogP contribution in [0.1, 0.15) is 401 Å². The highest BCUT2D eigenvalue weighted by atomic mass is 31.2. The minimum atomic E-state index is -4.54. The van der Waals surface area contributed by atoms with Crippen LogP contribution in [0.3, 0.4) is 0 Å². The fourth-order valence-corrected chi connectivity index (χ4v) is 14.4. The molecule has 0 aromatic heterocycles. The fourth-order valence-electron chi connectivity index (χ4n) is 12.8. The van der Waals surface area contributed by atoms with Crippen molar-refractivity contribution in [1.82, 2.24) is 21.3 Å². The maximum Gasteiger partial charge on any atom is 0.570 e. The number of carbonyl (C=O) groups is 7. The van der Waals surface area contributed by atoms with E-state index in [2.05, 4.69) is 62.8 Å². The lowest BCUT2D eigenvalue weighted by Crippen LogP contribution is -2.42. The molecule has 0 saturated carbocycles. The third kappa shape index (κ3) is 73.1. The van der Waals surface area contributed by atoms with Gasteiger partial charge in [-0.05, 0) is 51.4 Å². The average molecular weight is 1580 g/mol. The van der Waals surface area contributed by atoms with Gasteiger partial charge in [0.1, 0.15) is 50.2 Å². The van der Waals surface area contributed by atoms with Crippen LogP contribution in [-0.4, -0.2) is 151 Å². The Morgan fingerprint density at radius 1 is 0.296 bits per heavy atom. The molecule has 0 spiro atoms. The normalized spacial score (nSPS) is 12.9. The van der Waals surface area contributed by atoms with Gasteiger partial charge in [-0.2, -0.15) is 37.7 Å². The highest BCUT2D eigenvalue weighted by molar-refractivity contribution is 7.54. The molecule has 0 aliphatic rings. The Bertz CT molecular complexity index is 2000. The second kappa shape index (κ2) is 76.6. The molecule has 25 heteroatoms. The van der Waals surface area contributed by atoms with Gasteiger partial charge in [-0.25, -0.2) is 4.79 Å². The van der Waals surface area contributed by atoms with Crippen molar-refractivity contribution in [1.29, 1.82) is 0 Å². The summed E-state index contributed by atoms with van der Waals surface area (Å²) in [6.45, 7) is 11.0. The van der Waals surface area contributed by atoms with Crippen LogP contribution in [0.25, 0.3) is 0 Å². The number of hydrogen-bond donors (Lipinski definition) is 8. The van der Waals surface area contributed by atoms with Crippen molar-refractivity contribution in [2.75, 3.05) is 65.9 Å². The van der Waals surface area contributed by atoms with Gasteiger partial charge < -0.3 is 40.2 Å². The van der Waals surface area contributed by atoms with Gasteiger partial charge in [0.05, 0.1) is 51.4 Å². The fraction of sp³-hybridized carbons (Fsp3) is 0.916. The van der Waals surface area contributed by atoms with Crippen molar-refractivity contribution in [3.8, 4) is 0 Å². The van der Waals surface area contributed by atoms with Gasteiger partial charge in [-0.3, -0.25) is 28.8 Å². The van der Waals surface area contributed by atoms with Crippen LogP contribution in [0.2, 0.25) is 0 Å². The van der Waals surface area contributed by atoms with E-state index >= 15 is 0 Å². The Balaban J connectivity index is 5.68. The first kappa shape index (κ1) is 105. The largest absolute Gasteiger partial charge is 0.570 e. The van der Waals surface area contributed by atoms with E-state index in [1.165, 1.54) is 141 Å². The van der Waals surface area contributed by atoms with Crippen molar-refractivity contribution in [2.45, 2.75) is 425 Å². The first-order chi connectivity index (χ1) is 52.3. The van der Waals surface area contributed by atoms with Crippen molar-refractivity contribution in [2.24, 2.45) is 0 Å². The molecule has 0 heterocycles. The Labute approximate surface area is 657 Å². The summed E-state index contributed by atoms with van der Waals surface area (Å²) in [6, 6.07) is -2.60. The summed E-state index contributed by atoms with van der Waals surface area (Å²) in [5.41, 5.74) is 0. The lowest BCUT2D eigenvalue weighted by atomic mass is 10.0. The van der Waals surface area contributed by atoms with Crippen LogP contribution < -0.4 is 21.3 Å². The Hall–Kier alpha value is -3.05. The van der Waals surface area contributed by atoms with E-state index in [1.807, 2.05) is 0 Å². The third-order valence-corrected chi connectivity index (χ3v) is 21.4. The zero-order valence-electron chi connectivity index (χ0n) is 69.3. The molecule has 23 nitrogen and oxygen atoms in total. The van der Waals surface area contributed by atoms with Crippen molar-refractivity contribution < 1.29 is 90.2 Å². The quantitative estimate of drug-likeness (QED) is 0.0121. The Morgan fingerprint density at radius 2 is 0.556 bits per heavy atom. The Morgan fingerprint density at radius 3 is 0.843 bits per heavy atom. The number of rotatable bonds is 84. The van der Waals surface area contributed by atoms with Crippen molar-refractivity contribution in [3.63, 3.8) is 0 Å². The summed E-state index contributed by atoms with van der Waals surface area (Å²) in [4.78, 5) is 135. The van der Waals surface area contributed by atoms with Gasteiger partial charge in [0.25, 0.3) is 0 Å². The molecule has 4 amide bonds. The molecule has 108 heavy (non-hydrogen) atoms. The van der Waals surface area contributed by atoms with E-state index in [0.717, 1.165) is 141 Å². The van der Waals surface area contributed by atoms with Gasteiger partial charge in [-0.1, -0.05) is 298 Å². The molecule has 0 aromatic rings. The topological polar surface area (TPSA) is 322 Å². The molecule has 0 bridgehead atoms. The van der Waals surface area contributed by atoms with Crippen LogP contribution >= 0.6 is 16.3 Å². The molecule has 0 rings (SSSR count). The highest BCUT2D eigenvalue weighted by Gasteiger charge is 2.42. The number of Topliss-reactive ketones (excluding diaryl/α,β-unsaturated/α-hetero) is 2. The van der Waals surface area contributed by atoms with Gasteiger partial charge in [0, 0.05) is 51.6 Å². The second-order valence-corrected chi connectivity index (χ2v) is 33.0. The number of ether oxygens (including phenoxy) is 4. The van der Waals surface area contributed by atoms with Crippen LogP contribution in [0.5, 0.6) is 0 Å². The maximum absolute atomic E-state index is 13.3. The van der Waals surface area contributed by atoms with E-state index < -0.39 is 72.7 Å². The summed E-state index contributed by atoms with van der Waals surface area (Å²) in [6.07, 6.45) is 52.8. The summed E-state index contributed by atoms with van der Waals surface area (Å²) in [7, 11) is -9.08. The second-order valence-electron chi connectivity index (χ2n) is 30.1. The molecule has 0 aromatic carbocycles. The molecule has 0 aliphatic carbocycles. The molecule has 636 valence electrons. The lowest BCUT2D eigenvalue weighted by Gasteiger charge is -2.21. The zero-order valence-corrected chi connectivity index (χ0v) is 71.1. The number of urea groups is 1. The SMILES string of the molecule is CCCCCCCCCCCC(=O)CC(=O)N[C@H](COCC[C@@H](CCCCCCC)OC(=O)CCCCCCCCCCC)CO[P+](O)(O)OCCNC(=O)NCCO[P+](O)(O)OC[C@@H](COCC[C@@H](CCCCCCC)OC(=O)CCCCCCCCCCC)NC(=O)CC(=O)CCCCCCCCCCC. The molecule has 8 N–H and O–H groups in total. The smallest absolute Gasteiger partial charge is 0.462 e. The molecule has 0 fully saturated rings. The molecular weight excluding hydrogens is 1420 g/mol. The number of amides is 4. The predicted octanol–water partition coefficient (Wildman–Crippen LogP) is 19.6. The Kier molecular flexibility index (Phi) is 74.4. The summed E-state index contributed by atoms with van der Waals surface area (Å²) >= 11 is 0. The van der Waals surface area contributed by atoms with Gasteiger partial charge in [0.2, 0.25) is 11.8 Å². The molecular formula is C83H162N4O19P2+2. The first-order valence-corrected chi connectivity index (χ1v) is 46.8. The molecule has 4 atom stereocenters. The monoisotopic (exact) mass is 1580 g/mol. The number of nitrogens with one attached hydrogen (secondary N) is 4. The maximum atomic E-state index is 13.3. The third-order valence-electron chi connectivity index (χ3n) is 19.4. The molecule has 0 saturated heterocycles. The van der Waals surface area contributed by atoms with Crippen molar-refractivity contribution >= 4 is 57.7 Å². The van der Waals surface area contributed by atoms with Crippen molar-refractivity contribution in [3.05, 3.63) is 0 Å². The number of carbonyl (C=O) groups excluding carboxylic acids is 7. The summed E-state index contributed by atoms with van der Waals surface area (Å²) < 4.78 is 45.4. The number of ketones is 2. The van der Waals surface area contributed by atoms with Gasteiger partial charge in [0.15, 0.2) is 0 Å². The zero-order chi connectivity index (χ0) is 79.5. The van der Waals surface area contributed by atoms with Crippen LogP contribution in [0, 0.1) is 0 Å². The van der Waals surface area contributed by atoms with E-state index in [9.17, 15) is 53.1 Å². The van der Waals surface area contributed by atoms with E-state index in [-0.39, 0.29) is 101 Å². The predicted molar refractivity (Wildman–Crippen MR) is 436 cm³/mol. The van der Waals surface area contributed by atoms with Gasteiger partial charge in [-0.15, -0.1) is 0 Å². The number of hydrogen-bond acceptors (Lipinski definition) is 19. The number of unbranched alkanes of at least 4 members (excludes halogenated alkanes) is 40. The van der Waals surface area contributed by atoms with Crippen LogP contribution in [0.15, 0.2) is 0 Å². The highest BCUT2D eigenvalue weighted by Crippen LogP contribution is 2.53. The molecule has 0 unspecified atom stereocenters. The van der Waals surface area contributed by atoms with E-state index in [4.69, 9.17) is 37.0 Å². The molecule has 0 aliphatic heterocycles. The minimum absolute atomic E-state index is 0.126. The van der Waals surface area contributed by atoms with Crippen LogP contribution in [0.4, 0.5) is 4.79 Å². The first-order valence-electron chi connectivity index (χ1n) is 43.8. The van der Waals surface area contributed by atoms with E-state index in [1.54, 1.807) is 0 Å². The van der Waals surface area contributed by atoms with Crippen LogP contribution in [-0.2, 0) is 65.8 Å². The number of esters is 2. The minimum Gasteiger partial charge on any atom is -0.462 e. The standard InChI is InChI=1S/C83H160N4O19P2/c1-7-13-19-25-29-33-37-43-47-53-75(88)67-79(90)86-73(69-99-63-59-77(55-49-41-23-17-11-5)105-81(92)57-51-45-39-35-31-27-21-15-9-3)71-103-107(95,96)101-65-61-84-83(94)85-62-66-102-108(97,98)104-72-74(87-80(91)68-76(89)54-48-44-38-34-30-26-20-14-8-2)70-100-64-60-78(56-50-42-24-18-12-6)106-82(93)58-52-46-40-36-32-28-22-16-10-4/h73-74,77-78,95-98H,7-72H2,1-6H3,(H2-2,84,85,86,87,90,91,94)/p+2/t73-,74-,77-,78-/m1/s1. The summed E-state index contributed by atoms with van der Waals surface area (Å²) in [5.74, 6) is -2.00. The molecule has 0 radical (unpaired) electrons. The van der Waals surface area contributed by atoms with Gasteiger partial charge >= 0.3 is 34.3 Å².